The van der Waals surface area contributed by atoms with Gasteiger partial charge >= 0.3 is 0 Å². The average Bonchev–Trinajstić information content (AvgIpc) is 3.02. The molecule has 1 atom stereocenters. The molecule has 7 nitrogen and oxygen atoms in total. The van der Waals surface area contributed by atoms with Gasteiger partial charge in [-0.2, -0.15) is 0 Å². The number of H-pyrrole nitrogens is 1. The average molecular weight is 358 g/mol. The highest BCUT2D eigenvalue weighted by Crippen LogP contribution is 2.31. The van der Waals surface area contributed by atoms with Crippen LogP contribution >= 0.6 is 11.8 Å². The van der Waals surface area contributed by atoms with Gasteiger partial charge in [-0.3, -0.25) is 4.79 Å². The number of hydrogen-bond acceptors (Lipinski definition) is 6. The molecule has 0 unspecified atom stereocenters. The molecule has 0 bridgehead atoms. The van der Waals surface area contributed by atoms with Gasteiger partial charge in [0.1, 0.15) is 17.8 Å². The van der Waals surface area contributed by atoms with Crippen LogP contribution in [0.15, 0.2) is 23.6 Å². The lowest BCUT2D eigenvalue weighted by atomic mass is 10.1. The lowest BCUT2D eigenvalue weighted by Crippen LogP contribution is -2.46. The van der Waals surface area contributed by atoms with Crippen molar-refractivity contribution in [3.63, 3.8) is 0 Å². The van der Waals surface area contributed by atoms with Crippen molar-refractivity contribution in [2.45, 2.75) is 25.8 Å². The van der Waals surface area contributed by atoms with E-state index in [0.717, 1.165) is 59.0 Å². The third-order valence-electron chi connectivity index (χ3n) is 4.74. The van der Waals surface area contributed by atoms with Crippen LogP contribution in [0.5, 0.6) is 0 Å². The zero-order chi connectivity index (χ0) is 17.4. The number of thioether (sulfide) groups is 1. The van der Waals surface area contributed by atoms with Gasteiger partial charge in [0.05, 0.1) is 10.3 Å². The van der Waals surface area contributed by atoms with Crippen LogP contribution in [-0.2, 0) is 4.79 Å². The van der Waals surface area contributed by atoms with Crippen molar-refractivity contribution < 1.29 is 4.79 Å². The summed E-state index contributed by atoms with van der Waals surface area (Å²) in [5.74, 6) is 1.79. The highest BCUT2D eigenvalue weighted by atomic mass is 32.2. The molecule has 4 heterocycles. The van der Waals surface area contributed by atoms with E-state index in [0.29, 0.717) is 6.54 Å². The zero-order valence-corrected chi connectivity index (χ0v) is 15.1. The van der Waals surface area contributed by atoms with Crippen molar-refractivity contribution in [2.75, 3.05) is 30.3 Å². The highest BCUT2D eigenvalue weighted by Gasteiger charge is 2.27. The summed E-state index contributed by atoms with van der Waals surface area (Å²) in [7, 11) is 0. The van der Waals surface area contributed by atoms with Crippen molar-refractivity contribution in [1.29, 1.82) is 0 Å². The van der Waals surface area contributed by atoms with Crippen LogP contribution in [0.1, 0.15) is 18.4 Å². The predicted octanol–water partition coefficient (Wildman–Crippen LogP) is 1.61. The van der Waals surface area contributed by atoms with Gasteiger partial charge in [0.2, 0.25) is 0 Å². The van der Waals surface area contributed by atoms with Gasteiger partial charge in [-0.05, 0) is 25.3 Å². The van der Waals surface area contributed by atoms with Crippen LogP contribution in [0, 0.1) is 6.92 Å². The first-order valence-electron chi connectivity index (χ1n) is 8.58. The van der Waals surface area contributed by atoms with E-state index in [1.807, 2.05) is 24.2 Å². The number of nitrogens with one attached hydrogen (secondary N) is 1. The van der Waals surface area contributed by atoms with Gasteiger partial charge in [-0.1, -0.05) is 0 Å². The van der Waals surface area contributed by atoms with Crippen LogP contribution in [0.25, 0.3) is 11.0 Å². The van der Waals surface area contributed by atoms with E-state index in [9.17, 15) is 4.79 Å². The van der Waals surface area contributed by atoms with E-state index in [4.69, 9.17) is 5.73 Å². The summed E-state index contributed by atoms with van der Waals surface area (Å²) in [6, 6.07) is 0.0898. The van der Waals surface area contributed by atoms with Crippen LogP contribution < -0.4 is 10.6 Å². The van der Waals surface area contributed by atoms with Crippen molar-refractivity contribution in [3.8, 4) is 0 Å². The number of amides is 1. The fourth-order valence-electron chi connectivity index (χ4n) is 3.45. The highest BCUT2D eigenvalue weighted by molar-refractivity contribution is 8.04. The van der Waals surface area contributed by atoms with Gasteiger partial charge in [0, 0.05) is 43.8 Å². The van der Waals surface area contributed by atoms with Crippen LogP contribution in [-0.4, -0.2) is 57.2 Å². The molecule has 8 heteroatoms. The topological polar surface area (TPSA) is 91.1 Å². The third kappa shape index (κ3) is 3.11. The summed E-state index contributed by atoms with van der Waals surface area (Å²) >= 11 is 1.61. The van der Waals surface area contributed by atoms with E-state index < -0.39 is 0 Å². The summed E-state index contributed by atoms with van der Waals surface area (Å²) in [4.78, 5) is 29.5. The van der Waals surface area contributed by atoms with E-state index in [1.54, 1.807) is 18.1 Å². The molecular formula is C17H22N6OS. The smallest absolute Gasteiger partial charge is 0.261 e. The molecular weight excluding hydrogens is 336 g/mol. The second-order valence-electron chi connectivity index (χ2n) is 6.58. The summed E-state index contributed by atoms with van der Waals surface area (Å²) in [6.07, 6.45) is 7.41. The van der Waals surface area contributed by atoms with Crippen molar-refractivity contribution in [1.82, 2.24) is 19.9 Å². The fraction of sp³-hybridized carbons (Fsp3) is 0.471. The summed E-state index contributed by atoms with van der Waals surface area (Å²) in [6.45, 7) is 4.29. The number of fused-ring (bicyclic) bond motifs is 1. The number of piperidine rings is 1. The molecule has 1 amide bonds. The first-order valence-corrected chi connectivity index (χ1v) is 9.57. The van der Waals surface area contributed by atoms with Crippen LogP contribution in [0.4, 0.5) is 5.82 Å². The third-order valence-corrected chi connectivity index (χ3v) is 5.72. The van der Waals surface area contributed by atoms with Gasteiger partial charge < -0.3 is 20.5 Å². The molecule has 0 aromatic carbocycles. The number of aryl methyl sites for hydroxylation is 1. The number of hydrogen-bond donors (Lipinski definition) is 2. The molecule has 25 heavy (non-hydrogen) atoms. The largest absolute Gasteiger partial charge is 0.346 e. The van der Waals surface area contributed by atoms with Gasteiger partial charge in [-0.25, -0.2) is 9.97 Å². The number of rotatable bonds is 2. The van der Waals surface area contributed by atoms with E-state index in [-0.39, 0.29) is 11.9 Å². The SMILES string of the molecule is Cc1c[nH]c2ncnc(N3C=C(C(=O)N4CCC[C@H](N)C4)SCC3)c12. The summed E-state index contributed by atoms with van der Waals surface area (Å²) < 4.78 is 0. The second-order valence-corrected chi connectivity index (χ2v) is 7.72. The number of anilines is 1. The van der Waals surface area contributed by atoms with Gasteiger partial charge in [-0.15, -0.1) is 11.8 Å². The van der Waals surface area contributed by atoms with Crippen LogP contribution in [0.3, 0.4) is 0 Å². The second kappa shape index (κ2) is 6.68. The predicted molar refractivity (Wildman–Crippen MR) is 100 cm³/mol. The Kier molecular flexibility index (Phi) is 4.39. The van der Waals surface area contributed by atoms with Gasteiger partial charge in [0.25, 0.3) is 5.91 Å². The maximum Gasteiger partial charge on any atom is 0.261 e. The number of carbonyl (C=O) groups excluding carboxylic acids is 1. The quantitative estimate of drug-likeness (QED) is 0.847. The number of aromatic nitrogens is 3. The Hall–Kier alpha value is -2.06. The van der Waals surface area contributed by atoms with Crippen molar-refractivity contribution in [3.05, 3.63) is 29.2 Å². The molecule has 2 aromatic rings. The van der Waals surface area contributed by atoms with Gasteiger partial charge in [0.15, 0.2) is 0 Å². The fourth-order valence-corrected chi connectivity index (χ4v) is 4.41. The van der Waals surface area contributed by atoms with E-state index in [1.165, 1.54) is 0 Å². The summed E-state index contributed by atoms with van der Waals surface area (Å²) in [5, 5.41) is 1.01. The zero-order valence-electron chi connectivity index (χ0n) is 14.2. The Bertz CT molecular complexity index is 832. The number of carbonyl (C=O) groups is 1. The minimum absolute atomic E-state index is 0.0842. The monoisotopic (exact) mass is 358 g/mol. The molecule has 2 aliphatic rings. The maximum absolute atomic E-state index is 12.9. The first kappa shape index (κ1) is 16.4. The molecule has 2 aromatic heterocycles. The Labute approximate surface area is 150 Å². The number of nitrogens with two attached hydrogens (primary N) is 1. The number of likely N-dealkylation sites (tertiary alicyclic amines) is 1. The normalized spacial score (nSPS) is 21.5. The number of aromatic amines is 1. The standard InChI is InChI=1S/C17H22N6OS/c1-11-7-19-15-14(11)16(21-10-20-15)22-5-6-25-13(9-22)17(24)23-4-2-3-12(18)8-23/h7,9-10,12H,2-6,8,18H2,1H3,(H,19,20,21)/t12-/m0/s1. The molecule has 0 radical (unpaired) electrons. The Morgan fingerprint density at radius 1 is 1.40 bits per heavy atom. The van der Waals surface area contributed by atoms with E-state index in [2.05, 4.69) is 19.9 Å². The Morgan fingerprint density at radius 2 is 2.28 bits per heavy atom. The molecule has 4 rings (SSSR count). The molecule has 1 saturated heterocycles. The molecule has 0 saturated carbocycles. The maximum atomic E-state index is 12.9. The molecule has 132 valence electrons. The Balaban J connectivity index is 1.64. The molecule has 1 fully saturated rings. The molecule has 3 N–H and O–H groups in total. The molecule has 0 aliphatic carbocycles. The van der Waals surface area contributed by atoms with Crippen LogP contribution in [0.2, 0.25) is 0 Å². The van der Waals surface area contributed by atoms with Crippen molar-refractivity contribution >= 4 is 34.5 Å². The lowest BCUT2D eigenvalue weighted by Gasteiger charge is -2.33. The number of nitrogens with zero attached hydrogens (tertiary/aromatic N) is 4. The molecule has 0 spiro atoms. The van der Waals surface area contributed by atoms with E-state index >= 15 is 0 Å². The summed E-state index contributed by atoms with van der Waals surface area (Å²) in [5.41, 5.74) is 7.95. The minimum Gasteiger partial charge on any atom is -0.346 e. The first-order chi connectivity index (χ1) is 12.1. The minimum atomic E-state index is 0.0842. The molecule has 2 aliphatic heterocycles. The van der Waals surface area contributed by atoms with Crippen molar-refractivity contribution in [2.24, 2.45) is 5.73 Å². The Morgan fingerprint density at radius 3 is 3.12 bits per heavy atom. The lowest BCUT2D eigenvalue weighted by molar-refractivity contribution is -0.127.